The van der Waals surface area contributed by atoms with E-state index >= 15 is 0 Å². The van der Waals surface area contributed by atoms with Gasteiger partial charge in [-0.25, -0.2) is 0 Å². The molecule has 0 spiro atoms. The lowest BCUT2D eigenvalue weighted by Crippen LogP contribution is -2.22. The fourth-order valence-corrected chi connectivity index (χ4v) is 3.97. The second-order valence-electron chi connectivity index (χ2n) is 6.33. The van der Waals surface area contributed by atoms with Crippen molar-refractivity contribution in [2.24, 2.45) is 7.05 Å². The highest BCUT2D eigenvalue weighted by Gasteiger charge is 2.17. The number of benzene rings is 1. The first kappa shape index (κ1) is 18.7. The van der Waals surface area contributed by atoms with E-state index in [1.54, 1.807) is 49.6 Å². The Kier molecular flexibility index (Phi) is 4.74. The predicted molar refractivity (Wildman–Crippen MR) is 112 cm³/mol. The third kappa shape index (κ3) is 3.32. The number of hydrogen-bond acceptors (Lipinski definition) is 6. The first-order chi connectivity index (χ1) is 14.0. The van der Waals surface area contributed by atoms with Gasteiger partial charge in [0.25, 0.3) is 10.8 Å². The molecule has 0 atom stereocenters. The van der Waals surface area contributed by atoms with Crippen LogP contribution in [0.1, 0.15) is 12.5 Å². The molecule has 0 saturated carbocycles. The van der Waals surface area contributed by atoms with Crippen LogP contribution in [-0.4, -0.2) is 20.7 Å². The molecule has 3 aromatic heterocycles. The Bertz CT molecular complexity index is 1390. The number of nitrogens with zero attached hydrogens (tertiary/aromatic N) is 4. The van der Waals surface area contributed by atoms with Gasteiger partial charge in [0.05, 0.1) is 34.2 Å². The zero-order chi connectivity index (χ0) is 20.5. The Labute approximate surface area is 169 Å². The van der Waals surface area contributed by atoms with Gasteiger partial charge < -0.3 is 9.30 Å². The molecular weight excluding hydrogens is 388 g/mol. The number of rotatable bonds is 4. The molecule has 0 radical (unpaired) electrons. The van der Waals surface area contributed by atoms with Gasteiger partial charge in [-0.05, 0) is 37.3 Å². The number of aromatic nitrogens is 3. The minimum atomic E-state index is -0.292. The third-order valence-corrected chi connectivity index (χ3v) is 5.34. The minimum absolute atomic E-state index is 0.159. The van der Waals surface area contributed by atoms with Crippen LogP contribution in [0.15, 0.2) is 58.3 Å². The molecule has 4 aromatic rings. The van der Waals surface area contributed by atoms with Crippen molar-refractivity contribution in [3.8, 4) is 28.1 Å². The number of hydrogen-bond donors (Lipinski definition) is 0. The quantitative estimate of drug-likeness (QED) is 0.521. The summed E-state index contributed by atoms with van der Waals surface area (Å²) in [6.45, 7) is 2.33. The molecule has 7 nitrogen and oxygen atoms in total. The average Bonchev–Trinajstić information content (AvgIpc) is 3.12. The second-order valence-corrected chi connectivity index (χ2v) is 7.32. The smallest absolute Gasteiger partial charge is 0.275 e. The lowest BCUT2D eigenvalue weighted by Gasteiger charge is -2.11. The van der Waals surface area contributed by atoms with Crippen LogP contribution in [0.3, 0.4) is 0 Å². The van der Waals surface area contributed by atoms with E-state index in [-0.39, 0.29) is 11.1 Å². The monoisotopic (exact) mass is 404 g/mol. The normalized spacial score (nSPS) is 10.8. The van der Waals surface area contributed by atoms with E-state index in [4.69, 9.17) is 4.74 Å². The van der Waals surface area contributed by atoms with Crippen molar-refractivity contribution < 1.29 is 4.74 Å². The average molecular weight is 404 g/mol. The van der Waals surface area contributed by atoms with E-state index in [9.17, 15) is 14.9 Å². The highest BCUT2D eigenvalue weighted by molar-refractivity contribution is 7.20. The van der Waals surface area contributed by atoms with Crippen LogP contribution in [0.5, 0.6) is 5.19 Å². The molecule has 29 heavy (non-hydrogen) atoms. The molecule has 8 heteroatoms. The van der Waals surface area contributed by atoms with Crippen LogP contribution in [0, 0.1) is 11.3 Å². The van der Waals surface area contributed by atoms with E-state index < -0.39 is 0 Å². The van der Waals surface area contributed by atoms with E-state index in [0.29, 0.717) is 39.8 Å². The zero-order valence-electron chi connectivity index (χ0n) is 15.7. The van der Waals surface area contributed by atoms with Gasteiger partial charge in [-0.15, -0.1) is 0 Å². The summed E-state index contributed by atoms with van der Waals surface area (Å²) >= 11 is 1.34. The Hall–Kier alpha value is -3.70. The zero-order valence-corrected chi connectivity index (χ0v) is 16.6. The summed E-state index contributed by atoms with van der Waals surface area (Å²) in [7, 11) is 1.64. The Morgan fingerprint density at radius 2 is 2.03 bits per heavy atom. The highest BCUT2D eigenvalue weighted by atomic mass is 32.1. The van der Waals surface area contributed by atoms with Gasteiger partial charge in [0.15, 0.2) is 5.65 Å². The van der Waals surface area contributed by atoms with E-state index in [0.717, 1.165) is 4.70 Å². The molecule has 0 N–H and O–H groups in total. The van der Waals surface area contributed by atoms with Crippen molar-refractivity contribution >= 4 is 21.7 Å². The molecule has 0 aliphatic heterocycles. The maximum atomic E-state index is 13.5. The Morgan fingerprint density at radius 1 is 1.21 bits per heavy atom. The molecule has 0 bridgehead atoms. The minimum Gasteiger partial charge on any atom is -0.470 e. The largest absolute Gasteiger partial charge is 0.470 e. The van der Waals surface area contributed by atoms with Crippen molar-refractivity contribution in [3.63, 3.8) is 0 Å². The third-order valence-electron chi connectivity index (χ3n) is 4.43. The number of fused-ring (bicyclic) bond motifs is 1. The van der Waals surface area contributed by atoms with Crippen LogP contribution in [0.4, 0.5) is 0 Å². The number of ether oxygens (including phenoxy) is 1. The molecule has 0 amide bonds. The van der Waals surface area contributed by atoms with Gasteiger partial charge >= 0.3 is 0 Å². The summed E-state index contributed by atoms with van der Waals surface area (Å²) in [5.74, 6) is 0. The maximum Gasteiger partial charge on any atom is 0.275 e. The van der Waals surface area contributed by atoms with Crippen molar-refractivity contribution in [2.75, 3.05) is 6.61 Å². The van der Waals surface area contributed by atoms with Crippen molar-refractivity contribution in [3.05, 3.63) is 74.9 Å². The summed E-state index contributed by atoms with van der Waals surface area (Å²) < 4.78 is 9.21. The first-order valence-electron chi connectivity index (χ1n) is 8.89. The number of thiazole rings is 1. The molecule has 144 valence electrons. The van der Waals surface area contributed by atoms with Gasteiger partial charge in [0.1, 0.15) is 0 Å². The summed E-state index contributed by atoms with van der Waals surface area (Å²) in [6.07, 6.45) is 1.63. The van der Waals surface area contributed by atoms with Crippen molar-refractivity contribution in [1.82, 2.24) is 14.1 Å². The number of pyridine rings is 2. The number of aryl methyl sites for hydroxylation is 1. The Balaban J connectivity index is 2.07. The maximum absolute atomic E-state index is 13.5. The molecule has 0 fully saturated rings. The van der Waals surface area contributed by atoms with Crippen LogP contribution >= 0.6 is 11.3 Å². The van der Waals surface area contributed by atoms with Crippen molar-refractivity contribution in [2.45, 2.75) is 6.92 Å². The summed E-state index contributed by atoms with van der Waals surface area (Å²) in [5.41, 5.74) is 2.05. The summed E-state index contributed by atoms with van der Waals surface area (Å²) in [6, 6.07) is 13.7. The van der Waals surface area contributed by atoms with Crippen molar-refractivity contribution in [1.29, 1.82) is 5.26 Å². The molecule has 0 aliphatic rings. The lowest BCUT2D eigenvalue weighted by molar-refractivity contribution is 0.339. The molecule has 4 rings (SSSR count). The number of nitriles is 1. The lowest BCUT2D eigenvalue weighted by atomic mass is 10.1. The molecule has 0 aliphatic carbocycles. The summed E-state index contributed by atoms with van der Waals surface area (Å²) in [5, 5.41) is 9.71. The van der Waals surface area contributed by atoms with Crippen LogP contribution in [0.2, 0.25) is 0 Å². The van der Waals surface area contributed by atoms with Crippen LogP contribution in [-0.2, 0) is 7.05 Å². The fourth-order valence-electron chi connectivity index (χ4n) is 3.07. The van der Waals surface area contributed by atoms with Crippen LogP contribution < -0.4 is 15.9 Å². The molecule has 3 heterocycles. The van der Waals surface area contributed by atoms with Gasteiger partial charge in [-0.2, -0.15) is 10.2 Å². The first-order valence-corrected chi connectivity index (χ1v) is 9.70. The van der Waals surface area contributed by atoms with E-state index in [2.05, 4.69) is 11.1 Å². The van der Waals surface area contributed by atoms with Gasteiger partial charge in [0, 0.05) is 24.9 Å². The predicted octanol–water partition coefficient (Wildman–Crippen LogP) is 3.08. The second kappa shape index (κ2) is 7.37. The van der Waals surface area contributed by atoms with Crippen LogP contribution in [0.25, 0.3) is 27.2 Å². The SMILES string of the molecule is CCOc1nc2c(cc(-c3ccc(=O)n(C)c3)c(=O)n2-c2cccc(C#N)c2)s1. The topological polar surface area (TPSA) is 89.9 Å². The summed E-state index contributed by atoms with van der Waals surface area (Å²) in [4.78, 5) is 29.7. The highest BCUT2D eigenvalue weighted by Crippen LogP contribution is 2.31. The van der Waals surface area contributed by atoms with E-state index in [1.165, 1.54) is 26.5 Å². The standard InChI is InChI=1S/C21H16N4O3S/c1-3-28-21-23-19-17(29-21)10-16(14-7-8-18(26)24(2)12-14)20(27)25(19)15-6-4-5-13(9-15)11-22/h4-10,12H,3H2,1-2H3. The fraction of sp³-hybridized carbons (Fsp3) is 0.143. The molecule has 1 aromatic carbocycles. The van der Waals surface area contributed by atoms with Gasteiger partial charge in [-0.1, -0.05) is 17.4 Å². The van der Waals surface area contributed by atoms with Gasteiger partial charge in [0.2, 0.25) is 5.56 Å². The molecule has 0 saturated heterocycles. The molecule has 0 unspecified atom stereocenters. The van der Waals surface area contributed by atoms with Gasteiger partial charge in [-0.3, -0.25) is 14.2 Å². The van der Waals surface area contributed by atoms with E-state index in [1.807, 2.05) is 6.92 Å². The Morgan fingerprint density at radius 3 is 2.76 bits per heavy atom. The molecular formula is C21H16N4O3S.